The van der Waals surface area contributed by atoms with Crippen LogP contribution in [-0.4, -0.2) is 0 Å². The minimum atomic E-state index is -0.157. The Balaban J connectivity index is 2.35. The largest absolute Gasteiger partial charge is 0.271 e. The Morgan fingerprint density at radius 1 is 1.37 bits per heavy atom. The van der Waals surface area contributed by atoms with Gasteiger partial charge < -0.3 is 0 Å². The molecule has 1 aromatic carbocycles. The fraction of sp³-hybridized carbons (Fsp3) is 0.625. The maximum absolute atomic E-state index is 14.1. The van der Waals surface area contributed by atoms with Gasteiger partial charge in [-0.3, -0.25) is 11.3 Å². The molecule has 19 heavy (non-hydrogen) atoms. The van der Waals surface area contributed by atoms with E-state index in [1.54, 1.807) is 12.1 Å². The van der Waals surface area contributed by atoms with Crippen LogP contribution in [0.4, 0.5) is 4.39 Å². The molecule has 0 aromatic heterocycles. The Labute approximate surface area is 115 Å². The Hall–Kier alpha value is -0.930. The van der Waals surface area contributed by atoms with Gasteiger partial charge in [0.15, 0.2) is 0 Å². The molecule has 1 saturated carbocycles. The lowest BCUT2D eigenvalue weighted by molar-refractivity contribution is 0.0968. The fourth-order valence-electron chi connectivity index (χ4n) is 3.46. The van der Waals surface area contributed by atoms with E-state index in [-0.39, 0.29) is 17.3 Å². The van der Waals surface area contributed by atoms with Gasteiger partial charge in [0, 0.05) is 5.56 Å². The Kier molecular flexibility index (Phi) is 4.26. The molecular formula is C16H25FN2. The third-order valence-corrected chi connectivity index (χ3v) is 4.66. The lowest BCUT2D eigenvalue weighted by Crippen LogP contribution is -2.42. The van der Waals surface area contributed by atoms with Gasteiger partial charge in [0.05, 0.1) is 6.04 Å². The average Bonchev–Trinajstić information content (AvgIpc) is 2.36. The lowest BCUT2D eigenvalue weighted by Gasteiger charge is -2.43. The van der Waals surface area contributed by atoms with Crippen molar-refractivity contribution >= 4 is 0 Å². The first-order valence-electron chi connectivity index (χ1n) is 7.18. The van der Waals surface area contributed by atoms with Gasteiger partial charge in [-0.2, -0.15) is 0 Å². The van der Waals surface area contributed by atoms with E-state index in [0.717, 1.165) is 12.0 Å². The molecule has 0 amide bonds. The van der Waals surface area contributed by atoms with Crippen molar-refractivity contribution in [1.82, 2.24) is 5.43 Å². The Morgan fingerprint density at radius 2 is 2.11 bits per heavy atom. The van der Waals surface area contributed by atoms with E-state index in [1.165, 1.54) is 19.3 Å². The summed E-state index contributed by atoms with van der Waals surface area (Å²) in [6, 6.07) is 5.17. The molecule has 0 aliphatic heterocycles. The van der Waals surface area contributed by atoms with Crippen LogP contribution in [0, 0.1) is 24.1 Å². The molecule has 1 fully saturated rings. The topological polar surface area (TPSA) is 38.0 Å². The number of hydrogen-bond acceptors (Lipinski definition) is 2. The molecule has 0 bridgehead atoms. The number of hydrazine groups is 1. The van der Waals surface area contributed by atoms with E-state index in [0.29, 0.717) is 11.5 Å². The third-order valence-electron chi connectivity index (χ3n) is 4.66. The molecule has 2 rings (SSSR count). The van der Waals surface area contributed by atoms with Gasteiger partial charge in [0.25, 0.3) is 0 Å². The normalized spacial score (nSPS) is 24.2. The van der Waals surface area contributed by atoms with Crippen molar-refractivity contribution in [3.05, 3.63) is 35.1 Å². The monoisotopic (exact) mass is 264 g/mol. The van der Waals surface area contributed by atoms with E-state index in [1.807, 2.05) is 13.0 Å². The first kappa shape index (κ1) is 14.5. The maximum Gasteiger partial charge on any atom is 0.128 e. The smallest absolute Gasteiger partial charge is 0.128 e. The second kappa shape index (κ2) is 5.59. The van der Waals surface area contributed by atoms with E-state index >= 15 is 0 Å². The van der Waals surface area contributed by atoms with Gasteiger partial charge in [0.1, 0.15) is 5.82 Å². The summed E-state index contributed by atoms with van der Waals surface area (Å²) in [6.45, 7) is 6.53. The first-order valence-corrected chi connectivity index (χ1v) is 7.18. The van der Waals surface area contributed by atoms with E-state index in [4.69, 9.17) is 5.84 Å². The SMILES string of the molecule is Cc1ccc(F)c(C(NN)C2CCCCC2(C)C)c1. The van der Waals surface area contributed by atoms with Crippen molar-refractivity contribution in [3.8, 4) is 0 Å². The van der Waals surface area contributed by atoms with E-state index in [9.17, 15) is 4.39 Å². The molecule has 3 heteroatoms. The van der Waals surface area contributed by atoms with Crippen LogP contribution < -0.4 is 11.3 Å². The van der Waals surface area contributed by atoms with Gasteiger partial charge in [0.2, 0.25) is 0 Å². The van der Waals surface area contributed by atoms with Gasteiger partial charge in [-0.25, -0.2) is 4.39 Å². The highest BCUT2D eigenvalue weighted by atomic mass is 19.1. The highest BCUT2D eigenvalue weighted by molar-refractivity contribution is 5.28. The van der Waals surface area contributed by atoms with Crippen LogP contribution in [0.1, 0.15) is 56.7 Å². The Bertz CT molecular complexity index is 442. The number of rotatable bonds is 3. The molecule has 106 valence electrons. The molecule has 1 aliphatic carbocycles. The van der Waals surface area contributed by atoms with Crippen molar-refractivity contribution in [1.29, 1.82) is 0 Å². The van der Waals surface area contributed by atoms with Gasteiger partial charge in [-0.05, 0) is 37.2 Å². The van der Waals surface area contributed by atoms with Gasteiger partial charge in [-0.1, -0.05) is 44.4 Å². The lowest BCUT2D eigenvalue weighted by atomic mass is 9.65. The summed E-state index contributed by atoms with van der Waals surface area (Å²) in [7, 11) is 0. The molecule has 1 aromatic rings. The van der Waals surface area contributed by atoms with Crippen LogP contribution in [0.3, 0.4) is 0 Å². The molecule has 0 radical (unpaired) electrons. The third kappa shape index (κ3) is 2.98. The quantitative estimate of drug-likeness (QED) is 0.642. The minimum Gasteiger partial charge on any atom is -0.271 e. The molecule has 2 unspecified atom stereocenters. The van der Waals surface area contributed by atoms with Crippen molar-refractivity contribution in [2.24, 2.45) is 17.2 Å². The highest BCUT2D eigenvalue weighted by Gasteiger charge is 2.38. The minimum absolute atomic E-state index is 0.102. The predicted octanol–water partition coefficient (Wildman–Crippen LogP) is 3.85. The molecule has 0 heterocycles. The Morgan fingerprint density at radius 3 is 2.74 bits per heavy atom. The maximum atomic E-state index is 14.1. The van der Waals surface area contributed by atoms with Gasteiger partial charge in [-0.15, -0.1) is 0 Å². The molecule has 0 spiro atoms. The number of nitrogens with two attached hydrogens (primary N) is 1. The number of nitrogens with one attached hydrogen (secondary N) is 1. The van der Waals surface area contributed by atoms with Crippen molar-refractivity contribution in [3.63, 3.8) is 0 Å². The molecular weight excluding hydrogens is 239 g/mol. The average molecular weight is 264 g/mol. The van der Waals surface area contributed by atoms with Crippen molar-refractivity contribution in [2.45, 2.75) is 52.5 Å². The number of halogens is 1. The second-order valence-corrected chi connectivity index (χ2v) is 6.51. The summed E-state index contributed by atoms with van der Waals surface area (Å²) < 4.78 is 14.1. The van der Waals surface area contributed by atoms with Crippen molar-refractivity contribution in [2.75, 3.05) is 0 Å². The van der Waals surface area contributed by atoms with Crippen LogP contribution in [-0.2, 0) is 0 Å². The number of hydrogen-bond donors (Lipinski definition) is 2. The number of aryl methyl sites for hydroxylation is 1. The summed E-state index contributed by atoms with van der Waals surface area (Å²) in [5.74, 6) is 5.98. The number of benzene rings is 1. The van der Waals surface area contributed by atoms with Gasteiger partial charge >= 0.3 is 0 Å². The molecule has 0 saturated heterocycles. The summed E-state index contributed by atoms with van der Waals surface area (Å²) in [4.78, 5) is 0. The molecule has 2 nitrogen and oxygen atoms in total. The summed E-state index contributed by atoms with van der Waals surface area (Å²) in [6.07, 6.45) is 4.76. The fourth-order valence-corrected chi connectivity index (χ4v) is 3.46. The zero-order valence-electron chi connectivity index (χ0n) is 12.2. The summed E-state index contributed by atoms with van der Waals surface area (Å²) in [5.41, 5.74) is 4.86. The van der Waals surface area contributed by atoms with E-state index < -0.39 is 0 Å². The predicted molar refractivity (Wildman–Crippen MR) is 76.9 cm³/mol. The summed E-state index contributed by atoms with van der Waals surface area (Å²) >= 11 is 0. The molecule has 1 aliphatic rings. The summed E-state index contributed by atoms with van der Waals surface area (Å²) in [5, 5.41) is 0. The molecule has 2 atom stereocenters. The van der Waals surface area contributed by atoms with Crippen LogP contribution in [0.15, 0.2) is 18.2 Å². The van der Waals surface area contributed by atoms with E-state index in [2.05, 4.69) is 19.3 Å². The van der Waals surface area contributed by atoms with Crippen molar-refractivity contribution < 1.29 is 4.39 Å². The first-order chi connectivity index (χ1) is 8.95. The zero-order valence-corrected chi connectivity index (χ0v) is 12.2. The molecule has 3 N–H and O–H groups in total. The van der Waals surface area contributed by atoms with Crippen LogP contribution in [0.5, 0.6) is 0 Å². The van der Waals surface area contributed by atoms with Crippen LogP contribution >= 0.6 is 0 Å². The standard InChI is InChI=1S/C16H25FN2/c1-11-7-8-14(17)12(10-11)15(19-18)13-6-4-5-9-16(13,2)3/h7-8,10,13,15,19H,4-6,9,18H2,1-3H3. The van der Waals surface area contributed by atoms with Crippen LogP contribution in [0.25, 0.3) is 0 Å². The van der Waals surface area contributed by atoms with Crippen LogP contribution in [0.2, 0.25) is 0 Å². The zero-order chi connectivity index (χ0) is 14.0. The highest BCUT2D eigenvalue weighted by Crippen LogP contribution is 2.46. The second-order valence-electron chi connectivity index (χ2n) is 6.51.